The zero-order chi connectivity index (χ0) is 20.3. The third kappa shape index (κ3) is 8.03. The van der Waals surface area contributed by atoms with Crippen LogP contribution in [-0.4, -0.2) is 61.5 Å². The number of halogens is 3. The molecule has 1 saturated heterocycles. The maximum Gasteiger partial charge on any atom is 0.0900 e. The average molecular weight is 482 g/mol. The number of anilines is 1. The Bertz CT molecular complexity index is 651. The normalized spacial score (nSPS) is 25.2. The van der Waals surface area contributed by atoms with Crippen molar-refractivity contribution >= 4 is 42.1 Å². The van der Waals surface area contributed by atoms with Crippen LogP contribution in [0.3, 0.4) is 0 Å². The molecule has 174 valence electrons. The molecule has 0 bridgehead atoms. The number of β-amino-alcohol motifs (C(OH)–C–C–N with tert-alkyl or cyclic N) is 1. The van der Waals surface area contributed by atoms with Gasteiger partial charge in [-0.25, -0.2) is 0 Å². The number of aliphatic hydroxyl groups excluding tert-OH is 1. The summed E-state index contributed by atoms with van der Waals surface area (Å²) in [4.78, 5) is 4.74. The molecule has 2 aliphatic rings. The average Bonchev–Trinajstić information content (AvgIpc) is 2.61. The van der Waals surface area contributed by atoms with Crippen LogP contribution in [0.15, 0.2) is 18.2 Å². The van der Waals surface area contributed by atoms with E-state index in [9.17, 15) is 5.11 Å². The number of aryl methyl sites for hydroxylation is 1. The van der Waals surface area contributed by atoms with E-state index >= 15 is 0 Å². The van der Waals surface area contributed by atoms with Crippen LogP contribution in [0.5, 0.6) is 0 Å². The Morgan fingerprint density at radius 1 is 1.17 bits per heavy atom. The zero-order valence-corrected chi connectivity index (χ0v) is 21.2. The lowest BCUT2D eigenvalue weighted by atomic mass is 9.71. The predicted molar refractivity (Wildman–Crippen MR) is 132 cm³/mol. The molecular formula is C23H39Cl3N2O2. The van der Waals surface area contributed by atoms with E-state index in [2.05, 4.69) is 49.6 Å². The lowest BCUT2D eigenvalue weighted by molar-refractivity contribution is -0.0615. The predicted octanol–water partition coefficient (Wildman–Crippen LogP) is 5.21. The molecule has 2 fully saturated rings. The van der Waals surface area contributed by atoms with Crippen molar-refractivity contribution in [3.05, 3.63) is 28.8 Å². The number of nitrogens with zero attached hydrogens (tertiary/aromatic N) is 2. The summed E-state index contributed by atoms with van der Waals surface area (Å²) in [7, 11) is 0. The van der Waals surface area contributed by atoms with Gasteiger partial charge < -0.3 is 14.7 Å². The quantitative estimate of drug-likeness (QED) is 0.605. The highest BCUT2D eigenvalue weighted by Crippen LogP contribution is 2.39. The number of piperazine rings is 1. The molecule has 1 heterocycles. The van der Waals surface area contributed by atoms with Gasteiger partial charge in [0.1, 0.15) is 0 Å². The van der Waals surface area contributed by atoms with Crippen LogP contribution in [0.2, 0.25) is 5.02 Å². The number of ether oxygens (including phenoxy) is 1. The summed E-state index contributed by atoms with van der Waals surface area (Å²) >= 11 is 6.17. The molecule has 0 spiro atoms. The van der Waals surface area contributed by atoms with Gasteiger partial charge in [-0.05, 0) is 55.2 Å². The van der Waals surface area contributed by atoms with Crippen LogP contribution in [0.25, 0.3) is 0 Å². The van der Waals surface area contributed by atoms with Crippen LogP contribution in [0.1, 0.15) is 45.6 Å². The summed E-state index contributed by atoms with van der Waals surface area (Å²) in [6, 6.07) is 6.08. The highest BCUT2D eigenvalue weighted by atomic mass is 35.5. The summed E-state index contributed by atoms with van der Waals surface area (Å²) in [6.45, 7) is 14.1. The largest absolute Gasteiger partial charge is 0.389 e. The van der Waals surface area contributed by atoms with E-state index in [1.165, 1.54) is 17.7 Å². The molecule has 1 saturated carbocycles. The van der Waals surface area contributed by atoms with E-state index in [-0.39, 0.29) is 30.9 Å². The summed E-state index contributed by atoms with van der Waals surface area (Å²) < 4.78 is 6.11. The van der Waals surface area contributed by atoms with Gasteiger partial charge >= 0.3 is 0 Å². The number of hydrogen-bond acceptors (Lipinski definition) is 4. The van der Waals surface area contributed by atoms with Gasteiger partial charge in [-0.3, -0.25) is 4.90 Å². The molecule has 1 aliphatic carbocycles. The van der Waals surface area contributed by atoms with E-state index in [1.807, 2.05) is 6.07 Å². The standard InChI is InChI=1S/C23H37ClN2O2.2ClH/c1-17-11-21(14-23(3,4)13-17)28-16-20(27)15-25-7-9-26(10-8-25)22-12-19(24)6-5-18(22)2;;/h5-6,12,17,20-21,27H,7-11,13-16H2,1-4H3;2*1H. The smallest absolute Gasteiger partial charge is 0.0900 e. The zero-order valence-electron chi connectivity index (χ0n) is 18.8. The Balaban J connectivity index is 0.00000225. The fraction of sp³-hybridized carbons (Fsp3) is 0.739. The van der Waals surface area contributed by atoms with E-state index in [0.29, 0.717) is 24.5 Å². The van der Waals surface area contributed by atoms with Gasteiger partial charge in [-0.15, -0.1) is 24.8 Å². The summed E-state index contributed by atoms with van der Waals surface area (Å²) in [5.74, 6) is 0.703. The highest BCUT2D eigenvalue weighted by Gasteiger charge is 2.33. The molecule has 3 atom stereocenters. The Hall–Kier alpha value is -0.230. The molecule has 3 rings (SSSR count). The number of benzene rings is 1. The first kappa shape index (κ1) is 27.8. The molecule has 4 nitrogen and oxygen atoms in total. The van der Waals surface area contributed by atoms with Gasteiger partial charge in [0.2, 0.25) is 0 Å². The second kappa shape index (κ2) is 12.1. The minimum Gasteiger partial charge on any atom is -0.389 e. The Morgan fingerprint density at radius 3 is 2.47 bits per heavy atom. The fourth-order valence-electron chi connectivity index (χ4n) is 5.08. The molecule has 7 heteroatoms. The maximum atomic E-state index is 10.5. The summed E-state index contributed by atoms with van der Waals surface area (Å²) in [5, 5.41) is 11.3. The fourth-order valence-corrected chi connectivity index (χ4v) is 5.24. The van der Waals surface area contributed by atoms with Crippen LogP contribution < -0.4 is 4.90 Å². The second-order valence-corrected chi connectivity index (χ2v) is 10.2. The van der Waals surface area contributed by atoms with Crippen molar-refractivity contribution in [1.82, 2.24) is 4.90 Å². The lowest BCUT2D eigenvalue weighted by Crippen LogP contribution is -2.49. The van der Waals surface area contributed by atoms with Crippen LogP contribution in [0, 0.1) is 18.3 Å². The van der Waals surface area contributed by atoms with Gasteiger partial charge in [0.15, 0.2) is 0 Å². The van der Waals surface area contributed by atoms with E-state index in [0.717, 1.165) is 44.0 Å². The van der Waals surface area contributed by atoms with Crippen LogP contribution in [-0.2, 0) is 4.74 Å². The minimum atomic E-state index is -0.417. The van der Waals surface area contributed by atoms with E-state index in [4.69, 9.17) is 16.3 Å². The number of aliphatic hydroxyl groups is 1. The maximum absolute atomic E-state index is 10.5. The van der Waals surface area contributed by atoms with Crippen LogP contribution >= 0.6 is 36.4 Å². The number of hydrogen-bond donors (Lipinski definition) is 1. The third-order valence-corrected chi connectivity index (χ3v) is 6.46. The van der Waals surface area contributed by atoms with Gasteiger partial charge in [0.05, 0.1) is 18.8 Å². The molecule has 1 aliphatic heterocycles. The molecule has 0 amide bonds. The van der Waals surface area contributed by atoms with E-state index in [1.54, 1.807) is 0 Å². The first-order valence-corrected chi connectivity index (χ1v) is 11.1. The first-order valence-electron chi connectivity index (χ1n) is 10.7. The molecule has 30 heavy (non-hydrogen) atoms. The van der Waals surface area contributed by atoms with Crippen molar-refractivity contribution in [2.24, 2.45) is 11.3 Å². The monoisotopic (exact) mass is 480 g/mol. The minimum absolute atomic E-state index is 0. The molecule has 1 N–H and O–H groups in total. The Labute approximate surface area is 200 Å². The topological polar surface area (TPSA) is 35.9 Å². The molecule has 0 aromatic heterocycles. The van der Waals surface area contributed by atoms with Crippen LogP contribution in [0.4, 0.5) is 5.69 Å². The van der Waals surface area contributed by atoms with Crippen molar-refractivity contribution in [3.63, 3.8) is 0 Å². The SMILES string of the molecule is Cc1ccc(Cl)cc1N1CCN(CC(O)COC2CC(C)CC(C)(C)C2)CC1.Cl.Cl. The molecular weight excluding hydrogens is 443 g/mol. The first-order chi connectivity index (χ1) is 13.2. The van der Waals surface area contributed by atoms with Crippen molar-refractivity contribution in [3.8, 4) is 0 Å². The second-order valence-electron chi connectivity index (χ2n) is 9.74. The van der Waals surface area contributed by atoms with Crippen molar-refractivity contribution in [2.45, 2.75) is 59.2 Å². The van der Waals surface area contributed by atoms with Gasteiger partial charge in [-0.1, -0.05) is 38.4 Å². The van der Waals surface area contributed by atoms with Gasteiger partial charge in [0.25, 0.3) is 0 Å². The molecule has 1 aromatic carbocycles. The lowest BCUT2D eigenvalue weighted by Gasteiger charge is -2.39. The summed E-state index contributed by atoms with van der Waals surface area (Å²) in [5.41, 5.74) is 2.84. The molecule has 3 unspecified atom stereocenters. The number of rotatable bonds is 6. The van der Waals surface area contributed by atoms with Gasteiger partial charge in [-0.2, -0.15) is 0 Å². The van der Waals surface area contributed by atoms with Crippen molar-refractivity contribution < 1.29 is 9.84 Å². The highest BCUT2D eigenvalue weighted by molar-refractivity contribution is 6.30. The van der Waals surface area contributed by atoms with Crippen molar-refractivity contribution in [2.75, 3.05) is 44.2 Å². The molecule has 1 aromatic rings. The molecule has 0 radical (unpaired) electrons. The van der Waals surface area contributed by atoms with Gasteiger partial charge in [0, 0.05) is 43.4 Å². The summed E-state index contributed by atoms with van der Waals surface area (Å²) in [6.07, 6.45) is 3.36. The Kier molecular flexibility index (Phi) is 11.2. The van der Waals surface area contributed by atoms with Crippen molar-refractivity contribution in [1.29, 1.82) is 0 Å². The van der Waals surface area contributed by atoms with E-state index < -0.39 is 6.10 Å². The third-order valence-electron chi connectivity index (χ3n) is 6.22. The Morgan fingerprint density at radius 2 is 1.83 bits per heavy atom.